The molecular formula is C13H14Cl3NO4. The van der Waals surface area contributed by atoms with Crippen molar-refractivity contribution >= 4 is 46.7 Å². The molecule has 0 aliphatic rings. The van der Waals surface area contributed by atoms with E-state index < -0.39 is 17.9 Å². The molecule has 0 aromatic heterocycles. The van der Waals surface area contributed by atoms with Crippen LogP contribution in [0.5, 0.6) is 5.75 Å². The van der Waals surface area contributed by atoms with Crippen molar-refractivity contribution in [3.05, 3.63) is 27.2 Å². The molecule has 0 aliphatic heterocycles. The molecule has 0 bridgehead atoms. The maximum atomic E-state index is 11.7. The summed E-state index contributed by atoms with van der Waals surface area (Å²) in [7, 11) is 0. The molecule has 0 fully saturated rings. The quantitative estimate of drug-likeness (QED) is 0.769. The van der Waals surface area contributed by atoms with Gasteiger partial charge in [-0.2, -0.15) is 0 Å². The predicted molar refractivity (Wildman–Crippen MR) is 81.4 cm³/mol. The fourth-order valence-electron chi connectivity index (χ4n) is 1.49. The number of nitrogens with one attached hydrogen (secondary N) is 1. The number of aliphatic carboxylic acids is 1. The van der Waals surface area contributed by atoms with Gasteiger partial charge in [0.25, 0.3) is 5.91 Å². The smallest absolute Gasteiger partial charge is 0.326 e. The third-order valence-corrected chi connectivity index (χ3v) is 3.60. The van der Waals surface area contributed by atoms with Crippen LogP contribution in [0, 0.1) is 5.92 Å². The van der Waals surface area contributed by atoms with Crippen LogP contribution in [-0.2, 0) is 9.59 Å². The molecule has 1 rings (SSSR count). The van der Waals surface area contributed by atoms with E-state index in [0.717, 1.165) is 0 Å². The van der Waals surface area contributed by atoms with E-state index in [1.54, 1.807) is 13.8 Å². The summed E-state index contributed by atoms with van der Waals surface area (Å²) in [5, 5.41) is 12.1. The Morgan fingerprint density at radius 2 is 1.76 bits per heavy atom. The number of carboxylic acids is 1. The molecule has 2 N–H and O–H groups in total. The maximum Gasteiger partial charge on any atom is 0.326 e. The molecule has 1 unspecified atom stereocenters. The zero-order valence-electron chi connectivity index (χ0n) is 11.3. The van der Waals surface area contributed by atoms with E-state index in [1.807, 2.05) is 0 Å². The molecule has 0 saturated carbocycles. The predicted octanol–water partition coefficient (Wildman–Crippen LogP) is 3.25. The summed E-state index contributed by atoms with van der Waals surface area (Å²) < 4.78 is 5.21. The summed E-state index contributed by atoms with van der Waals surface area (Å²) in [6.45, 7) is 3.00. The zero-order chi connectivity index (χ0) is 16.2. The van der Waals surface area contributed by atoms with Gasteiger partial charge in [-0.05, 0) is 12.0 Å². The number of carbonyl (C=O) groups excluding carboxylic acids is 1. The first-order valence-electron chi connectivity index (χ1n) is 6.02. The monoisotopic (exact) mass is 353 g/mol. The van der Waals surface area contributed by atoms with Gasteiger partial charge in [0.1, 0.15) is 11.8 Å². The van der Waals surface area contributed by atoms with Crippen molar-refractivity contribution in [2.75, 3.05) is 6.61 Å². The molecule has 1 amide bonds. The van der Waals surface area contributed by atoms with Gasteiger partial charge in [0.05, 0.1) is 15.1 Å². The third kappa shape index (κ3) is 5.26. The number of ether oxygens (including phenoxy) is 1. The van der Waals surface area contributed by atoms with Crippen molar-refractivity contribution in [1.82, 2.24) is 5.32 Å². The van der Waals surface area contributed by atoms with Gasteiger partial charge in [0.2, 0.25) is 0 Å². The second-order valence-corrected chi connectivity index (χ2v) is 5.83. The first kappa shape index (κ1) is 17.9. The van der Waals surface area contributed by atoms with Crippen molar-refractivity contribution in [2.24, 2.45) is 5.92 Å². The summed E-state index contributed by atoms with van der Waals surface area (Å²) in [6, 6.07) is 1.80. The molecule has 0 spiro atoms. The van der Waals surface area contributed by atoms with Crippen molar-refractivity contribution in [3.8, 4) is 5.75 Å². The highest BCUT2D eigenvalue weighted by atomic mass is 35.5. The molecule has 21 heavy (non-hydrogen) atoms. The molecule has 5 nitrogen and oxygen atoms in total. The Kier molecular flexibility index (Phi) is 6.58. The second kappa shape index (κ2) is 7.73. The minimum atomic E-state index is -1.11. The largest absolute Gasteiger partial charge is 0.482 e. The van der Waals surface area contributed by atoms with E-state index in [0.29, 0.717) is 0 Å². The number of amides is 1. The molecule has 0 saturated heterocycles. The van der Waals surface area contributed by atoms with Gasteiger partial charge in [-0.25, -0.2) is 4.79 Å². The number of hydrogen-bond donors (Lipinski definition) is 2. The Morgan fingerprint density at radius 3 is 2.29 bits per heavy atom. The van der Waals surface area contributed by atoms with Crippen LogP contribution in [0.1, 0.15) is 13.8 Å². The minimum absolute atomic E-state index is 0.192. The zero-order valence-corrected chi connectivity index (χ0v) is 13.6. The normalized spacial score (nSPS) is 12.1. The van der Waals surface area contributed by atoms with Crippen LogP contribution >= 0.6 is 34.8 Å². The van der Waals surface area contributed by atoms with Crippen molar-refractivity contribution in [1.29, 1.82) is 0 Å². The van der Waals surface area contributed by atoms with E-state index in [9.17, 15) is 9.59 Å². The molecule has 116 valence electrons. The molecule has 1 aromatic rings. The number of benzene rings is 1. The van der Waals surface area contributed by atoms with E-state index in [1.165, 1.54) is 12.1 Å². The van der Waals surface area contributed by atoms with Gasteiger partial charge in [-0.3, -0.25) is 4.79 Å². The fourth-order valence-corrected chi connectivity index (χ4v) is 2.08. The second-order valence-electron chi connectivity index (χ2n) is 4.61. The van der Waals surface area contributed by atoms with Gasteiger partial charge >= 0.3 is 5.97 Å². The molecule has 1 atom stereocenters. The lowest BCUT2D eigenvalue weighted by atomic mass is 10.1. The Morgan fingerprint density at radius 1 is 1.19 bits per heavy atom. The highest BCUT2D eigenvalue weighted by Crippen LogP contribution is 2.33. The number of carboxylic acid groups (broad SMARTS) is 1. The lowest BCUT2D eigenvalue weighted by molar-refractivity contribution is -0.143. The Hall–Kier alpha value is -1.17. The van der Waals surface area contributed by atoms with Gasteiger partial charge in [0.15, 0.2) is 6.61 Å². The molecule has 8 heteroatoms. The Labute approximate surface area is 137 Å². The highest BCUT2D eigenvalue weighted by molar-refractivity contribution is 6.43. The van der Waals surface area contributed by atoms with Crippen LogP contribution < -0.4 is 10.1 Å². The first-order chi connectivity index (χ1) is 9.72. The van der Waals surface area contributed by atoms with Gasteiger partial charge < -0.3 is 15.2 Å². The average molecular weight is 355 g/mol. The number of hydrogen-bond acceptors (Lipinski definition) is 3. The van der Waals surface area contributed by atoms with Crippen LogP contribution in [0.4, 0.5) is 0 Å². The Bertz CT molecular complexity index is 548. The summed E-state index contributed by atoms with van der Waals surface area (Å²) in [5.74, 6) is -1.73. The van der Waals surface area contributed by atoms with Crippen LogP contribution in [0.2, 0.25) is 15.1 Å². The van der Waals surface area contributed by atoms with Crippen LogP contribution in [0.3, 0.4) is 0 Å². The highest BCUT2D eigenvalue weighted by Gasteiger charge is 2.23. The SMILES string of the molecule is CC(C)C(NC(=O)COc1cc(Cl)c(Cl)cc1Cl)C(=O)O. The minimum Gasteiger partial charge on any atom is -0.482 e. The van der Waals surface area contributed by atoms with E-state index >= 15 is 0 Å². The molecule has 0 aliphatic carbocycles. The third-order valence-electron chi connectivity index (χ3n) is 2.58. The fraction of sp³-hybridized carbons (Fsp3) is 0.385. The number of rotatable bonds is 6. The average Bonchev–Trinajstić information content (AvgIpc) is 2.37. The molecule has 0 heterocycles. The van der Waals surface area contributed by atoms with Crippen molar-refractivity contribution in [2.45, 2.75) is 19.9 Å². The molecule has 0 radical (unpaired) electrons. The Balaban J connectivity index is 2.65. The summed E-state index contributed by atoms with van der Waals surface area (Å²) in [6.07, 6.45) is 0. The topological polar surface area (TPSA) is 75.6 Å². The summed E-state index contributed by atoms with van der Waals surface area (Å²) in [4.78, 5) is 22.7. The molecule has 1 aromatic carbocycles. The first-order valence-corrected chi connectivity index (χ1v) is 7.15. The van der Waals surface area contributed by atoms with Gasteiger partial charge in [-0.1, -0.05) is 48.7 Å². The van der Waals surface area contributed by atoms with Crippen molar-refractivity contribution < 1.29 is 19.4 Å². The number of carbonyl (C=O) groups is 2. The van der Waals surface area contributed by atoms with Crippen LogP contribution in [0.25, 0.3) is 0 Å². The van der Waals surface area contributed by atoms with Gasteiger partial charge in [0, 0.05) is 6.07 Å². The molecular weight excluding hydrogens is 341 g/mol. The van der Waals surface area contributed by atoms with Crippen LogP contribution in [-0.4, -0.2) is 29.6 Å². The van der Waals surface area contributed by atoms with Crippen molar-refractivity contribution in [3.63, 3.8) is 0 Å². The lowest BCUT2D eigenvalue weighted by Crippen LogP contribution is -2.46. The van der Waals surface area contributed by atoms with E-state index in [-0.39, 0.29) is 33.3 Å². The lowest BCUT2D eigenvalue weighted by Gasteiger charge is -2.18. The van der Waals surface area contributed by atoms with Crippen LogP contribution in [0.15, 0.2) is 12.1 Å². The summed E-state index contributed by atoms with van der Waals surface area (Å²) >= 11 is 17.5. The number of halogens is 3. The standard InChI is InChI=1S/C13H14Cl3NO4/c1-6(2)12(13(19)20)17-11(18)5-21-10-4-8(15)7(14)3-9(10)16/h3-4,6,12H,5H2,1-2H3,(H,17,18)(H,19,20). The summed E-state index contributed by atoms with van der Waals surface area (Å²) in [5.41, 5.74) is 0. The van der Waals surface area contributed by atoms with E-state index in [2.05, 4.69) is 5.32 Å². The van der Waals surface area contributed by atoms with E-state index in [4.69, 9.17) is 44.6 Å². The van der Waals surface area contributed by atoms with Gasteiger partial charge in [-0.15, -0.1) is 0 Å². The maximum absolute atomic E-state index is 11.7.